The second-order valence-electron chi connectivity index (χ2n) is 10.3. The van der Waals surface area contributed by atoms with E-state index in [9.17, 15) is 14.4 Å². The zero-order valence-corrected chi connectivity index (χ0v) is 19.9. The van der Waals surface area contributed by atoms with Gasteiger partial charge in [-0.1, -0.05) is 78.9 Å². The van der Waals surface area contributed by atoms with Crippen molar-refractivity contribution in [1.82, 2.24) is 9.80 Å². The molecule has 3 amide bonds. The first-order valence-corrected chi connectivity index (χ1v) is 12.7. The molecule has 4 heterocycles. The summed E-state index contributed by atoms with van der Waals surface area (Å²) in [7, 11) is 0. The smallest absolute Gasteiger partial charge is 0.253 e. The molecule has 4 atom stereocenters. The van der Waals surface area contributed by atoms with Crippen molar-refractivity contribution in [3.05, 3.63) is 102 Å². The van der Waals surface area contributed by atoms with Gasteiger partial charge in [0.25, 0.3) is 5.91 Å². The van der Waals surface area contributed by atoms with Crippen LogP contribution in [0.3, 0.4) is 0 Å². The fourth-order valence-electron chi connectivity index (χ4n) is 7.24. The number of nitrogens with zero attached hydrogens (tertiary/aromatic N) is 3. The Morgan fingerprint density at radius 3 is 2.03 bits per heavy atom. The predicted octanol–water partition coefficient (Wildman–Crippen LogP) is 3.71. The molecule has 0 N–H and O–H groups in total. The van der Waals surface area contributed by atoms with Crippen LogP contribution in [-0.4, -0.2) is 40.1 Å². The fraction of sp³-hybridized carbons (Fsp3) is 0.300. The number of amides is 3. The van der Waals surface area contributed by atoms with Crippen molar-refractivity contribution in [2.45, 2.75) is 37.5 Å². The SMILES string of the molecule is O=C1[C@H]2[C@@H](C(=O)N1Cc1ccccc1)[C@]1(C(=O)N(Cc3ccccc3)c3ccccc31)N1CCC[C@@H]21. The lowest BCUT2D eigenvalue weighted by Crippen LogP contribution is -2.55. The van der Waals surface area contributed by atoms with Crippen molar-refractivity contribution in [2.24, 2.45) is 11.8 Å². The van der Waals surface area contributed by atoms with Gasteiger partial charge in [-0.25, -0.2) is 0 Å². The standard InChI is InChI=1S/C30H27N3O3/c34-27-25-24-16-9-17-33(24)30(26(25)28(35)32(27)19-21-12-5-2-6-13-21)22-14-7-8-15-23(22)31(29(30)36)18-20-10-3-1-4-11-20/h1-8,10-15,24-26H,9,16-19H2/t24-,25+,26-,30+/m0/s1. The minimum Gasteiger partial charge on any atom is -0.306 e. The number of carbonyl (C=O) groups excluding carboxylic acids is 3. The molecule has 6 nitrogen and oxygen atoms in total. The van der Waals surface area contributed by atoms with E-state index in [2.05, 4.69) is 4.90 Å². The molecule has 3 saturated heterocycles. The number of anilines is 1. The Kier molecular flexibility index (Phi) is 4.70. The van der Waals surface area contributed by atoms with Gasteiger partial charge in [0.05, 0.1) is 24.9 Å². The van der Waals surface area contributed by atoms with Gasteiger partial charge < -0.3 is 4.90 Å². The van der Waals surface area contributed by atoms with Crippen LogP contribution in [0.2, 0.25) is 0 Å². The maximum Gasteiger partial charge on any atom is 0.253 e. The van der Waals surface area contributed by atoms with Crippen LogP contribution >= 0.6 is 0 Å². The van der Waals surface area contributed by atoms with E-state index in [0.29, 0.717) is 6.54 Å². The number of hydrogen-bond acceptors (Lipinski definition) is 4. The summed E-state index contributed by atoms with van der Waals surface area (Å²) in [6.07, 6.45) is 1.75. The van der Waals surface area contributed by atoms with E-state index in [1.54, 1.807) is 0 Å². The molecule has 6 heteroatoms. The second kappa shape index (κ2) is 7.87. The van der Waals surface area contributed by atoms with E-state index in [1.807, 2.05) is 89.8 Å². The molecule has 0 aliphatic carbocycles. The molecule has 3 aromatic rings. The van der Waals surface area contributed by atoms with E-state index in [4.69, 9.17) is 0 Å². The Balaban J connectivity index is 1.36. The summed E-state index contributed by atoms with van der Waals surface area (Å²) in [6, 6.07) is 27.3. The number of hydrogen-bond donors (Lipinski definition) is 0. The number of likely N-dealkylation sites (tertiary alicyclic amines) is 1. The van der Waals surface area contributed by atoms with E-state index in [-0.39, 0.29) is 30.3 Å². The quantitative estimate of drug-likeness (QED) is 0.538. The lowest BCUT2D eigenvalue weighted by molar-refractivity contribution is -0.146. The van der Waals surface area contributed by atoms with Crippen LogP contribution in [0, 0.1) is 11.8 Å². The van der Waals surface area contributed by atoms with E-state index < -0.39 is 17.4 Å². The molecule has 180 valence electrons. The molecule has 0 saturated carbocycles. The number of para-hydroxylation sites is 1. The maximum absolute atomic E-state index is 14.6. The topological polar surface area (TPSA) is 60.9 Å². The highest BCUT2D eigenvalue weighted by atomic mass is 16.2. The number of imide groups is 1. The lowest BCUT2D eigenvalue weighted by atomic mass is 9.75. The van der Waals surface area contributed by atoms with E-state index in [0.717, 1.165) is 41.8 Å². The van der Waals surface area contributed by atoms with Gasteiger partial charge in [0.1, 0.15) is 5.54 Å². The highest BCUT2D eigenvalue weighted by molar-refractivity contribution is 6.16. The number of carbonyl (C=O) groups is 3. The summed E-state index contributed by atoms with van der Waals surface area (Å²) in [5.41, 5.74) is 2.53. The number of rotatable bonds is 4. The zero-order chi connectivity index (χ0) is 24.4. The Hall–Kier alpha value is -3.77. The second-order valence-corrected chi connectivity index (χ2v) is 10.3. The third kappa shape index (κ3) is 2.73. The molecule has 0 aromatic heterocycles. The maximum atomic E-state index is 14.6. The third-order valence-electron chi connectivity index (χ3n) is 8.60. The van der Waals surface area contributed by atoms with Crippen LogP contribution in [0.1, 0.15) is 29.5 Å². The van der Waals surface area contributed by atoms with Crippen LogP contribution in [0.25, 0.3) is 0 Å². The van der Waals surface area contributed by atoms with Gasteiger partial charge >= 0.3 is 0 Å². The van der Waals surface area contributed by atoms with Crippen LogP contribution in [0.4, 0.5) is 5.69 Å². The Morgan fingerprint density at radius 1 is 0.722 bits per heavy atom. The minimum atomic E-state index is -1.13. The highest BCUT2D eigenvalue weighted by Crippen LogP contribution is 2.61. The predicted molar refractivity (Wildman–Crippen MR) is 134 cm³/mol. The minimum absolute atomic E-state index is 0.0744. The molecule has 1 spiro atoms. The van der Waals surface area contributed by atoms with Crippen molar-refractivity contribution in [3.8, 4) is 0 Å². The van der Waals surface area contributed by atoms with Gasteiger partial charge in [0.2, 0.25) is 11.8 Å². The average Bonchev–Trinajstić information content (AvgIpc) is 3.61. The summed E-state index contributed by atoms with van der Waals surface area (Å²) >= 11 is 0. The summed E-state index contributed by atoms with van der Waals surface area (Å²) in [4.78, 5) is 48.0. The average molecular weight is 478 g/mol. The molecule has 0 unspecified atom stereocenters. The molecule has 4 aliphatic rings. The van der Waals surface area contributed by atoms with Crippen molar-refractivity contribution in [1.29, 1.82) is 0 Å². The van der Waals surface area contributed by atoms with Crippen LogP contribution in [-0.2, 0) is 33.0 Å². The van der Waals surface area contributed by atoms with Gasteiger partial charge in [-0.2, -0.15) is 0 Å². The summed E-state index contributed by atoms with van der Waals surface area (Å²) in [5.74, 6) is -1.61. The summed E-state index contributed by atoms with van der Waals surface area (Å²) in [6.45, 7) is 1.40. The molecular formula is C30H27N3O3. The number of fused-ring (bicyclic) bond motifs is 7. The van der Waals surface area contributed by atoms with Crippen molar-refractivity contribution < 1.29 is 14.4 Å². The molecule has 4 aliphatic heterocycles. The van der Waals surface area contributed by atoms with E-state index >= 15 is 0 Å². The summed E-state index contributed by atoms with van der Waals surface area (Å²) < 4.78 is 0. The first kappa shape index (κ1) is 21.5. The Bertz CT molecular complexity index is 1370. The van der Waals surface area contributed by atoms with Crippen molar-refractivity contribution >= 4 is 23.4 Å². The van der Waals surface area contributed by atoms with Gasteiger partial charge in [0, 0.05) is 17.3 Å². The molecule has 0 bridgehead atoms. The van der Waals surface area contributed by atoms with Gasteiger partial charge in [-0.05, 0) is 36.6 Å². The van der Waals surface area contributed by atoms with E-state index in [1.165, 1.54) is 4.90 Å². The first-order chi connectivity index (χ1) is 17.6. The van der Waals surface area contributed by atoms with Gasteiger partial charge in [-0.15, -0.1) is 0 Å². The third-order valence-corrected chi connectivity index (χ3v) is 8.60. The zero-order valence-electron chi connectivity index (χ0n) is 19.9. The lowest BCUT2D eigenvalue weighted by Gasteiger charge is -2.37. The Morgan fingerprint density at radius 2 is 1.33 bits per heavy atom. The van der Waals surface area contributed by atoms with Crippen LogP contribution in [0.5, 0.6) is 0 Å². The molecule has 3 fully saturated rings. The largest absolute Gasteiger partial charge is 0.306 e. The molecule has 0 radical (unpaired) electrons. The van der Waals surface area contributed by atoms with Crippen LogP contribution in [0.15, 0.2) is 84.9 Å². The number of benzene rings is 3. The highest BCUT2D eigenvalue weighted by Gasteiger charge is 2.75. The molecule has 3 aromatic carbocycles. The summed E-state index contributed by atoms with van der Waals surface area (Å²) in [5, 5.41) is 0. The van der Waals surface area contributed by atoms with Crippen molar-refractivity contribution in [3.63, 3.8) is 0 Å². The monoisotopic (exact) mass is 477 g/mol. The molecule has 7 rings (SSSR count). The van der Waals surface area contributed by atoms with Gasteiger partial charge in [-0.3, -0.25) is 24.2 Å². The molecule has 36 heavy (non-hydrogen) atoms. The molecular weight excluding hydrogens is 450 g/mol. The normalized spacial score (nSPS) is 28.8. The van der Waals surface area contributed by atoms with Gasteiger partial charge in [0.15, 0.2) is 0 Å². The van der Waals surface area contributed by atoms with Crippen molar-refractivity contribution in [2.75, 3.05) is 11.4 Å². The Labute approximate surface area is 210 Å². The fourth-order valence-corrected chi connectivity index (χ4v) is 7.24. The van der Waals surface area contributed by atoms with Crippen LogP contribution < -0.4 is 4.90 Å². The first-order valence-electron chi connectivity index (χ1n) is 12.7.